The molecule has 6 nitrogen and oxygen atoms in total. The van der Waals surface area contributed by atoms with E-state index in [1.807, 2.05) is 0 Å². The van der Waals surface area contributed by atoms with Crippen LogP contribution in [0.3, 0.4) is 0 Å². The third-order valence-corrected chi connectivity index (χ3v) is 3.44. The van der Waals surface area contributed by atoms with Gasteiger partial charge in [-0.1, -0.05) is 0 Å². The lowest BCUT2D eigenvalue weighted by Gasteiger charge is -2.07. The number of nitrogens with one attached hydrogen (secondary N) is 1. The Balaban J connectivity index is 2.65. The first kappa shape index (κ1) is 12.2. The molecule has 0 aliphatic carbocycles. The molecule has 1 rings (SSSR count). The van der Waals surface area contributed by atoms with Crippen LogP contribution >= 0.6 is 0 Å². The summed E-state index contributed by atoms with van der Waals surface area (Å²) in [4.78, 5) is 0. The summed E-state index contributed by atoms with van der Waals surface area (Å²) in [5.41, 5.74) is 0. The zero-order chi connectivity index (χ0) is 11.5. The van der Waals surface area contributed by atoms with E-state index in [-0.39, 0.29) is 11.6 Å². The molecule has 0 amide bonds. The van der Waals surface area contributed by atoms with E-state index in [9.17, 15) is 8.42 Å². The van der Waals surface area contributed by atoms with Crippen LogP contribution in [-0.2, 0) is 17.1 Å². The Morgan fingerprint density at radius 1 is 1.67 bits per heavy atom. The molecule has 0 spiro atoms. The first-order valence-corrected chi connectivity index (χ1v) is 6.07. The third kappa shape index (κ3) is 3.29. The normalized spacial score (nSPS) is 14.1. The van der Waals surface area contributed by atoms with Crippen LogP contribution < -0.4 is 4.72 Å². The Morgan fingerprint density at radius 3 is 2.80 bits per heavy atom. The molecular formula is C8H15N3O3S. The summed E-state index contributed by atoms with van der Waals surface area (Å²) in [7, 11) is -1.95. The first-order valence-electron chi connectivity index (χ1n) is 4.59. The number of hydrogen-bond donors (Lipinski definition) is 2. The van der Waals surface area contributed by atoms with Gasteiger partial charge in [0.1, 0.15) is 0 Å². The maximum atomic E-state index is 11.6. The zero-order valence-electron chi connectivity index (χ0n) is 8.71. The van der Waals surface area contributed by atoms with Gasteiger partial charge in [0, 0.05) is 13.6 Å². The molecule has 7 heteroatoms. The fourth-order valence-electron chi connectivity index (χ4n) is 1.10. The monoisotopic (exact) mass is 233 g/mol. The minimum Gasteiger partial charge on any atom is -0.393 e. The van der Waals surface area contributed by atoms with Gasteiger partial charge in [-0.05, 0) is 19.4 Å². The Kier molecular flexibility index (Phi) is 3.83. The maximum absolute atomic E-state index is 11.6. The van der Waals surface area contributed by atoms with Crippen molar-refractivity contribution < 1.29 is 13.5 Å². The van der Waals surface area contributed by atoms with Crippen molar-refractivity contribution >= 4 is 10.0 Å². The third-order valence-electron chi connectivity index (χ3n) is 1.91. The molecule has 1 atom stereocenters. The number of aliphatic hydroxyl groups is 1. The van der Waals surface area contributed by atoms with E-state index in [1.165, 1.54) is 16.9 Å². The predicted molar refractivity (Wildman–Crippen MR) is 54.7 cm³/mol. The molecule has 0 fully saturated rings. The number of rotatable bonds is 5. The van der Waals surface area contributed by atoms with Crippen LogP contribution in [-0.4, -0.2) is 36.0 Å². The van der Waals surface area contributed by atoms with Crippen molar-refractivity contribution in [2.24, 2.45) is 7.05 Å². The summed E-state index contributed by atoms with van der Waals surface area (Å²) in [5.74, 6) is 0. The van der Waals surface area contributed by atoms with Crippen LogP contribution in [0.15, 0.2) is 17.3 Å². The molecule has 0 radical (unpaired) electrons. The van der Waals surface area contributed by atoms with Gasteiger partial charge in [0.05, 0.1) is 12.3 Å². The highest BCUT2D eigenvalue weighted by molar-refractivity contribution is 7.89. The molecule has 0 aliphatic rings. The number of nitrogens with zero attached hydrogens (tertiary/aromatic N) is 2. The van der Waals surface area contributed by atoms with Crippen LogP contribution in [0.1, 0.15) is 13.3 Å². The van der Waals surface area contributed by atoms with Gasteiger partial charge in [-0.3, -0.25) is 4.68 Å². The standard InChI is InChI=1S/C8H15N3O3S/c1-7(12)3-6-10-15(13,14)8-4-5-9-11(8)2/h4-5,7,10,12H,3,6H2,1-2H3. The lowest BCUT2D eigenvalue weighted by atomic mass is 10.3. The number of aromatic nitrogens is 2. The SMILES string of the molecule is CC(O)CCNS(=O)(=O)c1ccnn1C. The molecule has 0 aliphatic heterocycles. The van der Waals surface area contributed by atoms with E-state index < -0.39 is 16.1 Å². The van der Waals surface area contributed by atoms with E-state index in [1.54, 1.807) is 14.0 Å². The topological polar surface area (TPSA) is 84.2 Å². The number of aliphatic hydroxyl groups excluding tert-OH is 1. The summed E-state index contributed by atoms with van der Waals surface area (Å²) in [6.07, 6.45) is 1.29. The minimum absolute atomic E-state index is 0.119. The quantitative estimate of drug-likeness (QED) is 0.716. The van der Waals surface area contributed by atoms with E-state index in [2.05, 4.69) is 9.82 Å². The predicted octanol–water partition coefficient (Wildman–Crippen LogP) is -0.531. The smallest absolute Gasteiger partial charge is 0.257 e. The Labute approximate surface area is 89.0 Å². The molecule has 2 N–H and O–H groups in total. The molecular weight excluding hydrogens is 218 g/mol. The lowest BCUT2D eigenvalue weighted by molar-refractivity contribution is 0.186. The van der Waals surface area contributed by atoms with Crippen molar-refractivity contribution in [2.45, 2.75) is 24.5 Å². The van der Waals surface area contributed by atoms with Gasteiger partial charge in [-0.2, -0.15) is 5.10 Å². The molecule has 0 saturated carbocycles. The minimum atomic E-state index is -3.50. The van der Waals surface area contributed by atoms with Gasteiger partial charge in [0.25, 0.3) is 10.0 Å². The zero-order valence-corrected chi connectivity index (χ0v) is 9.53. The van der Waals surface area contributed by atoms with Crippen LogP contribution in [0, 0.1) is 0 Å². The van der Waals surface area contributed by atoms with Gasteiger partial charge in [-0.15, -0.1) is 0 Å². The number of sulfonamides is 1. The number of hydrogen-bond acceptors (Lipinski definition) is 4. The molecule has 0 aromatic carbocycles. The molecule has 1 aromatic rings. The van der Waals surface area contributed by atoms with Crippen molar-refractivity contribution in [2.75, 3.05) is 6.54 Å². The second-order valence-corrected chi connectivity index (χ2v) is 5.04. The second kappa shape index (κ2) is 4.73. The van der Waals surface area contributed by atoms with Crippen molar-refractivity contribution in [3.05, 3.63) is 12.3 Å². The molecule has 0 saturated heterocycles. The Morgan fingerprint density at radius 2 is 2.33 bits per heavy atom. The lowest BCUT2D eigenvalue weighted by Crippen LogP contribution is -2.28. The van der Waals surface area contributed by atoms with Crippen molar-refractivity contribution in [1.29, 1.82) is 0 Å². The van der Waals surface area contributed by atoms with Gasteiger partial charge in [-0.25, -0.2) is 13.1 Å². The van der Waals surface area contributed by atoms with E-state index in [4.69, 9.17) is 5.11 Å². The summed E-state index contributed by atoms with van der Waals surface area (Å²) in [6, 6.07) is 1.42. The highest BCUT2D eigenvalue weighted by Gasteiger charge is 2.17. The Bertz CT molecular complexity index is 411. The van der Waals surface area contributed by atoms with E-state index in [0.29, 0.717) is 6.42 Å². The average molecular weight is 233 g/mol. The van der Waals surface area contributed by atoms with E-state index in [0.717, 1.165) is 0 Å². The fourth-order valence-corrected chi connectivity index (χ4v) is 2.27. The molecule has 1 unspecified atom stereocenters. The fraction of sp³-hybridized carbons (Fsp3) is 0.625. The Hall–Kier alpha value is -0.920. The summed E-state index contributed by atoms with van der Waals surface area (Å²) in [6.45, 7) is 1.82. The van der Waals surface area contributed by atoms with Crippen molar-refractivity contribution in [1.82, 2.24) is 14.5 Å². The average Bonchev–Trinajstić information content (AvgIpc) is 2.50. The molecule has 1 heterocycles. The first-order chi connectivity index (χ1) is 6.93. The van der Waals surface area contributed by atoms with Gasteiger partial charge in [0.15, 0.2) is 5.03 Å². The van der Waals surface area contributed by atoms with Crippen LogP contribution in [0.4, 0.5) is 0 Å². The van der Waals surface area contributed by atoms with Crippen LogP contribution in [0.25, 0.3) is 0 Å². The molecule has 0 bridgehead atoms. The van der Waals surface area contributed by atoms with Crippen molar-refractivity contribution in [3.8, 4) is 0 Å². The highest BCUT2D eigenvalue weighted by Crippen LogP contribution is 2.05. The molecule has 86 valence electrons. The van der Waals surface area contributed by atoms with Crippen molar-refractivity contribution in [3.63, 3.8) is 0 Å². The van der Waals surface area contributed by atoms with E-state index >= 15 is 0 Å². The molecule has 15 heavy (non-hydrogen) atoms. The van der Waals surface area contributed by atoms with Gasteiger partial charge < -0.3 is 5.11 Å². The largest absolute Gasteiger partial charge is 0.393 e. The summed E-state index contributed by atoms with van der Waals surface area (Å²) < 4.78 is 27.0. The maximum Gasteiger partial charge on any atom is 0.257 e. The summed E-state index contributed by atoms with van der Waals surface area (Å²) >= 11 is 0. The number of aryl methyl sites for hydroxylation is 1. The molecule has 1 aromatic heterocycles. The van der Waals surface area contributed by atoms with Crippen LogP contribution in [0.5, 0.6) is 0 Å². The van der Waals surface area contributed by atoms with Crippen LogP contribution in [0.2, 0.25) is 0 Å². The van der Waals surface area contributed by atoms with Gasteiger partial charge in [0.2, 0.25) is 0 Å². The summed E-state index contributed by atoms with van der Waals surface area (Å²) in [5, 5.41) is 12.9. The van der Waals surface area contributed by atoms with Gasteiger partial charge >= 0.3 is 0 Å². The second-order valence-electron chi connectivity index (χ2n) is 3.33. The highest BCUT2D eigenvalue weighted by atomic mass is 32.2.